The van der Waals surface area contributed by atoms with Crippen LogP contribution in [0.1, 0.15) is 42.1 Å². The lowest BCUT2D eigenvalue weighted by molar-refractivity contribution is -0.122. The molecular formula is C21H27FN2O3S. The Bertz CT molecular complexity index is 989. The van der Waals surface area contributed by atoms with Crippen molar-refractivity contribution in [3.8, 4) is 0 Å². The zero-order valence-corrected chi connectivity index (χ0v) is 17.9. The lowest BCUT2D eigenvalue weighted by atomic mass is 9.96. The molecule has 0 aliphatic heterocycles. The highest BCUT2D eigenvalue weighted by Gasteiger charge is 2.31. The second-order valence-corrected chi connectivity index (χ2v) is 9.07. The first kappa shape index (κ1) is 21.9. The number of rotatable bonds is 6. The molecule has 0 aliphatic rings. The standard InChI is InChI=1S/C21H27FN2O3S/c1-13-11-15(3)18(12-14(13)2)16(4)23-21(25)17(5)24(28(6,26)27)20-10-8-7-9-19(20)22/h7-12,16-17H,1-6H3,(H,23,25)/t16-,17-/m0/s1. The molecule has 152 valence electrons. The Morgan fingerprint density at radius 1 is 1.04 bits per heavy atom. The Balaban J connectivity index is 2.31. The Hall–Kier alpha value is -2.41. The Labute approximate surface area is 166 Å². The maximum absolute atomic E-state index is 14.2. The van der Waals surface area contributed by atoms with E-state index in [9.17, 15) is 17.6 Å². The van der Waals surface area contributed by atoms with Crippen molar-refractivity contribution in [1.29, 1.82) is 0 Å². The lowest BCUT2D eigenvalue weighted by Gasteiger charge is -2.29. The van der Waals surface area contributed by atoms with E-state index >= 15 is 0 Å². The minimum Gasteiger partial charge on any atom is -0.348 e. The van der Waals surface area contributed by atoms with E-state index in [0.29, 0.717) is 0 Å². The molecule has 0 spiro atoms. The summed E-state index contributed by atoms with van der Waals surface area (Å²) < 4.78 is 39.6. The number of carbonyl (C=O) groups is 1. The van der Waals surface area contributed by atoms with Crippen molar-refractivity contribution in [2.24, 2.45) is 0 Å². The highest BCUT2D eigenvalue weighted by Crippen LogP contribution is 2.25. The third kappa shape index (κ3) is 4.70. The highest BCUT2D eigenvalue weighted by molar-refractivity contribution is 7.92. The third-order valence-corrected chi connectivity index (χ3v) is 6.11. The number of nitrogens with zero attached hydrogens (tertiary/aromatic N) is 1. The quantitative estimate of drug-likeness (QED) is 0.794. The maximum Gasteiger partial charge on any atom is 0.244 e. The van der Waals surface area contributed by atoms with Gasteiger partial charge in [-0.3, -0.25) is 9.10 Å². The van der Waals surface area contributed by atoms with Crippen LogP contribution < -0.4 is 9.62 Å². The number of para-hydroxylation sites is 1. The minimum atomic E-state index is -3.87. The average Bonchev–Trinajstić information content (AvgIpc) is 2.58. The summed E-state index contributed by atoms with van der Waals surface area (Å²) in [6.45, 7) is 9.28. The highest BCUT2D eigenvalue weighted by atomic mass is 32.2. The number of amides is 1. The number of aryl methyl sites for hydroxylation is 3. The van der Waals surface area contributed by atoms with Gasteiger partial charge in [0.05, 0.1) is 18.0 Å². The zero-order valence-electron chi connectivity index (χ0n) is 17.1. The molecule has 1 amide bonds. The summed E-state index contributed by atoms with van der Waals surface area (Å²) in [4.78, 5) is 12.8. The van der Waals surface area contributed by atoms with Gasteiger partial charge in [-0.1, -0.05) is 24.3 Å². The Morgan fingerprint density at radius 3 is 2.18 bits per heavy atom. The van der Waals surface area contributed by atoms with Crippen molar-refractivity contribution in [1.82, 2.24) is 5.32 Å². The SMILES string of the molecule is Cc1cc(C)c([C@H](C)NC(=O)[C@H](C)N(c2ccccc2F)S(C)(=O)=O)cc1C. The normalized spacial score (nSPS) is 13.7. The molecule has 0 saturated carbocycles. The predicted octanol–water partition coefficient (Wildman–Crippen LogP) is 3.78. The largest absolute Gasteiger partial charge is 0.348 e. The number of hydrogen-bond donors (Lipinski definition) is 1. The molecule has 2 aromatic rings. The van der Waals surface area contributed by atoms with E-state index in [1.165, 1.54) is 31.2 Å². The molecule has 0 bridgehead atoms. The molecule has 0 aliphatic carbocycles. The molecular weight excluding hydrogens is 379 g/mol. The average molecular weight is 407 g/mol. The van der Waals surface area contributed by atoms with E-state index in [2.05, 4.69) is 11.4 Å². The van der Waals surface area contributed by atoms with E-state index in [0.717, 1.165) is 32.8 Å². The number of nitrogens with one attached hydrogen (secondary N) is 1. The van der Waals surface area contributed by atoms with E-state index in [1.807, 2.05) is 33.8 Å². The van der Waals surface area contributed by atoms with Gasteiger partial charge in [-0.2, -0.15) is 0 Å². The van der Waals surface area contributed by atoms with Crippen molar-refractivity contribution >= 4 is 21.6 Å². The van der Waals surface area contributed by atoms with Crippen molar-refractivity contribution < 1.29 is 17.6 Å². The molecule has 28 heavy (non-hydrogen) atoms. The van der Waals surface area contributed by atoms with Gasteiger partial charge in [-0.15, -0.1) is 0 Å². The first-order valence-corrected chi connectivity index (χ1v) is 10.9. The summed E-state index contributed by atoms with van der Waals surface area (Å²) in [5.74, 6) is -1.20. The molecule has 0 aromatic heterocycles. The van der Waals surface area contributed by atoms with Crippen molar-refractivity contribution in [2.45, 2.75) is 46.7 Å². The van der Waals surface area contributed by atoms with Crippen molar-refractivity contribution in [2.75, 3.05) is 10.6 Å². The lowest BCUT2D eigenvalue weighted by Crippen LogP contribution is -2.48. The van der Waals surface area contributed by atoms with Crippen molar-refractivity contribution in [3.63, 3.8) is 0 Å². The predicted molar refractivity (Wildman–Crippen MR) is 110 cm³/mol. The zero-order chi connectivity index (χ0) is 21.2. The number of halogens is 1. The molecule has 1 N–H and O–H groups in total. The fraction of sp³-hybridized carbons (Fsp3) is 0.381. The summed E-state index contributed by atoms with van der Waals surface area (Å²) >= 11 is 0. The van der Waals surface area contributed by atoms with Gasteiger partial charge in [0.1, 0.15) is 11.9 Å². The first-order valence-electron chi connectivity index (χ1n) is 9.05. The molecule has 0 saturated heterocycles. The van der Waals surface area contributed by atoms with Gasteiger partial charge < -0.3 is 5.32 Å². The van der Waals surface area contributed by atoms with Crippen LogP contribution in [0.2, 0.25) is 0 Å². The summed E-state index contributed by atoms with van der Waals surface area (Å²) in [6.07, 6.45) is 0.958. The van der Waals surface area contributed by atoms with Crippen LogP contribution in [0.15, 0.2) is 36.4 Å². The van der Waals surface area contributed by atoms with Gasteiger partial charge >= 0.3 is 0 Å². The van der Waals surface area contributed by atoms with Crippen LogP contribution in [-0.4, -0.2) is 26.6 Å². The van der Waals surface area contributed by atoms with Crippen LogP contribution in [0, 0.1) is 26.6 Å². The molecule has 5 nitrogen and oxygen atoms in total. The summed E-state index contributed by atoms with van der Waals surface area (Å²) in [5, 5.41) is 2.86. The second kappa shape index (κ2) is 8.31. The number of benzene rings is 2. The molecule has 0 radical (unpaired) electrons. The fourth-order valence-corrected chi connectivity index (χ4v) is 4.45. The van der Waals surface area contributed by atoms with Crippen molar-refractivity contribution in [3.05, 3.63) is 64.5 Å². The number of sulfonamides is 1. The number of hydrogen-bond acceptors (Lipinski definition) is 3. The van der Waals surface area contributed by atoms with Gasteiger partial charge in [0.2, 0.25) is 15.9 Å². The van der Waals surface area contributed by atoms with Gasteiger partial charge in [-0.25, -0.2) is 12.8 Å². The van der Waals surface area contributed by atoms with Crippen LogP contribution in [0.5, 0.6) is 0 Å². The van der Waals surface area contributed by atoms with Crippen LogP contribution in [0.3, 0.4) is 0 Å². The molecule has 7 heteroatoms. The third-order valence-electron chi connectivity index (χ3n) is 4.89. The molecule has 2 aromatic carbocycles. The second-order valence-electron chi connectivity index (χ2n) is 7.21. The number of carbonyl (C=O) groups excluding carboxylic acids is 1. The summed E-state index contributed by atoms with van der Waals surface area (Å²) in [6, 6.07) is 8.15. The Kier molecular flexibility index (Phi) is 6.49. The van der Waals surface area contributed by atoms with Gasteiger partial charge in [0.25, 0.3) is 0 Å². The van der Waals surface area contributed by atoms with Crippen LogP contribution in [0.25, 0.3) is 0 Å². The number of anilines is 1. The molecule has 2 rings (SSSR count). The smallest absolute Gasteiger partial charge is 0.244 e. The summed E-state index contributed by atoms with van der Waals surface area (Å²) in [7, 11) is -3.87. The molecule has 0 unspecified atom stereocenters. The summed E-state index contributed by atoms with van der Waals surface area (Å²) in [5.41, 5.74) is 4.12. The fourth-order valence-electron chi connectivity index (χ4n) is 3.27. The maximum atomic E-state index is 14.2. The minimum absolute atomic E-state index is 0.150. The van der Waals surface area contributed by atoms with E-state index in [4.69, 9.17) is 0 Å². The molecule has 0 heterocycles. The van der Waals surface area contributed by atoms with Gasteiger partial charge in [0.15, 0.2) is 0 Å². The van der Waals surface area contributed by atoms with Gasteiger partial charge in [-0.05, 0) is 69.0 Å². The Morgan fingerprint density at radius 2 is 1.61 bits per heavy atom. The first-order chi connectivity index (χ1) is 12.9. The van der Waals surface area contributed by atoms with E-state index in [-0.39, 0.29) is 11.7 Å². The van der Waals surface area contributed by atoms with Gasteiger partial charge in [0, 0.05) is 0 Å². The molecule has 0 fully saturated rings. The monoisotopic (exact) mass is 406 g/mol. The van der Waals surface area contributed by atoms with Crippen LogP contribution in [0.4, 0.5) is 10.1 Å². The van der Waals surface area contributed by atoms with Crippen LogP contribution >= 0.6 is 0 Å². The van der Waals surface area contributed by atoms with Crippen LogP contribution in [-0.2, 0) is 14.8 Å². The molecule has 2 atom stereocenters. The topological polar surface area (TPSA) is 66.5 Å². The van der Waals surface area contributed by atoms with E-state index in [1.54, 1.807) is 0 Å². The van der Waals surface area contributed by atoms with E-state index < -0.39 is 27.8 Å².